The molecule has 4 aliphatic heterocycles. The van der Waals surface area contributed by atoms with E-state index in [4.69, 9.17) is 35.8 Å². The lowest BCUT2D eigenvalue weighted by atomic mass is 9.98. The molecule has 13 atom stereocenters. The van der Waals surface area contributed by atoms with E-state index in [2.05, 4.69) is 43.6 Å². The molecule has 5 aromatic rings. The van der Waals surface area contributed by atoms with Gasteiger partial charge in [-0.2, -0.15) is 5.10 Å². The van der Waals surface area contributed by atoms with E-state index < -0.39 is 152 Å². The Morgan fingerprint density at radius 3 is 2.10 bits per heavy atom. The molecule has 9 rings (SSSR count). The number of fused-ring (bicyclic) bond motifs is 3. The number of halogens is 2. The van der Waals surface area contributed by atoms with Crippen molar-refractivity contribution in [2.45, 2.75) is 157 Å². The Hall–Kier alpha value is -7.37. The minimum Gasteiger partial charge on any atom is -0.504 e. The number of carbonyl (C=O) groups is 7. The first-order chi connectivity index (χ1) is 46.5. The molecule has 4 fully saturated rings. The summed E-state index contributed by atoms with van der Waals surface area (Å²) in [6.45, 7) is 4.73. The number of β-amino-alcohol motifs (C(OH)–C–C–N with tert-alkyl or cyclic N) is 1. The van der Waals surface area contributed by atoms with E-state index in [0.717, 1.165) is 91.4 Å². The number of aromatic nitrogens is 3. The summed E-state index contributed by atoms with van der Waals surface area (Å²) in [6.07, 6.45) is -4.34. The van der Waals surface area contributed by atoms with Crippen molar-refractivity contribution in [1.29, 1.82) is 0 Å². The average Bonchev–Trinajstić information content (AvgIpc) is 1.67. The van der Waals surface area contributed by atoms with E-state index >= 15 is 0 Å². The molecule has 544 valence electrons. The van der Waals surface area contributed by atoms with Gasteiger partial charge in [0.2, 0.25) is 40.4 Å². The third-order valence-electron chi connectivity index (χ3n) is 18.0. The fourth-order valence-electron chi connectivity index (χ4n) is 12.5. The quantitative estimate of drug-likeness (QED) is 0.0367. The number of aliphatic hydroxyl groups excluding tert-OH is 6. The lowest BCUT2D eigenvalue weighted by Crippen LogP contribution is -2.64. The molecule has 2 aromatic heterocycles. The Kier molecular flexibility index (Phi) is 29.4. The summed E-state index contributed by atoms with van der Waals surface area (Å²) in [5.74, 6) is -8.59. The molecule has 0 aliphatic carbocycles. The third-order valence-corrected chi connectivity index (χ3v) is 19.0. The number of amides is 7. The first-order valence-electron chi connectivity index (χ1n) is 33.0. The average molecular weight is 1440 g/mol. The molecular formula is C66H93Cl2N13O17S. The Labute approximate surface area is 589 Å². The predicted octanol–water partition coefficient (Wildman–Crippen LogP) is -0.499. The Morgan fingerprint density at radius 2 is 1.42 bits per heavy atom. The molecule has 16 N–H and O–H groups in total. The number of unbranched alkanes of at least 4 members (excludes halogenated alkanes) is 2. The molecule has 0 spiro atoms. The number of methoxy groups -OCH3 is 1. The molecule has 4 saturated heterocycles. The van der Waals surface area contributed by atoms with Crippen molar-refractivity contribution in [3.8, 4) is 33.3 Å². The molecule has 33 heteroatoms. The molecule has 0 radical (unpaired) electrons. The largest absolute Gasteiger partial charge is 0.504 e. The zero-order chi connectivity index (χ0) is 69.6. The van der Waals surface area contributed by atoms with Crippen LogP contribution >= 0.6 is 36.2 Å². The maximum absolute atomic E-state index is 14.8. The van der Waals surface area contributed by atoms with Gasteiger partial charge in [0.05, 0.1) is 61.2 Å². The molecule has 0 unspecified atom stereocenters. The van der Waals surface area contributed by atoms with Crippen molar-refractivity contribution in [2.75, 3.05) is 77.6 Å². The number of nitrogens with zero attached hydrogens (tertiary/aromatic N) is 6. The summed E-state index contributed by atoms with van der Waals surface area (Å²) in [5.41, 5.74) is 15.0. The normalized spacial score (nSPS) is 24.8. The Bertz CT molecular complexity index is 3480. The first-order valence-corrected chi connectivity index (χ1v) is 33.8. The van der Waals surface area contributed by atoms with Gasteiger partial charge in [-0.3, -0.25) is 33.6 Å². The van der Waals surface area contributed by atoms with Crippen molar-refractivity contribution in [3.05, 3.63) is 84.1 Å². The van der Waals surface area contributed by atoms with Crippen LogP contribution in [0, 0.1) is 5.92 Å². The van der Waals surface area contributed by atoms with Gasteiger partial charge in [-0.05, 0) is 119 Å². The molecule has 99 heavy (non-hydrogen) atoms. The smallest absolute Gasteiger partial charge is 0.251 e. The molecule has 3 aromatic carbocycles. The summed E-state index contributed by atoms with van der Waals surface area (Å²) in [6, 6.07) is 7.60. The number of aromatic hydroxyl groups is 1. The standard InChI is InChI=1S/C66H91N13O17S.2ClH/c1-36-33-78-56(57(36)86)62(91)69-32-43(81)30-46(70-58(87)40-11-9-39(10-12-40)47-35-79-66(71-47)97-63(75-79)41-13-15-42(16-14-41)76-23-19-45(20-24-76)95-26-6-4-5-25-94-3)59(88)72-53(37(2)80)64(92)77-34-44(82)31-48(77)60(89)73-54(61(90)74-55(65(78)93)50(84)18-22-68)51(85)28-38-8-17-49(83)52(29-38)96-27-7-21-67;;/h8-17,29,35-37,43-46,48,50-51,53-57,80-86H,4-7,18-28,30-34,67-68H2,1-3H3,(H,69,91)(H,70,87)(H,72,88)(H,73,89)(H,74,90);2*1H/t36-,37+,43+,44+,46-,48-,50+,51+,53-,54-,55-,56-,57-;;/m0../s1. The van der Waals surface area contributed by atoms with Gasteiger partial charge in [0.15, 0.2) is 11.5 Å². The monoisotopic (exact) mass is 1440 g/mol. The van der Waals surface area contributed by atoms with Crippen LogP contribution in [0.1, 0.15) is 87.6 Å². The van der Waals surface area contributed by atoms with E-state index in [1.165, 1.54) is 48.6 Å². The van der Waals surface area contributed by atoms with Gasteiger partial charge in [-0.15, -0.1) is 24.8 Å². The van der Waals surface area contributed by atoms with Crippen LogP contribution in [0.3, 0.4) is 0 Å². The highest BCUT2D eigenvalue weighted by molar-refractivity contribution is 7.19. The van der Waals surface area contributed by atoms with Crippen LogP contribution in [0.2, 0.25) is 0 Å². The predicted molar refractivity (Wildman–Crippen MR) is 369 cm³/mol. The summed E-state index contributed by atoms with van der Waals surface area (Å²) in [4.78, 5) is 111. The minimum atomic E-state index is -2.04. The lowest BCUT2D eigenvalue weighted by molar-refractivity contribution is -0.147. The number of benzene rings is 3. The van der Waals surface area contributed by atoms with Gasteiger partial charge in [0.25, 0.3) is 5.91 Å². The van der Waals surface area contributed by atoms with Crippen molar-refractivity contribution in [2.24, 2.45) is 17.4 Å². The molecular weight excluding hydrogens is 1350 g/mol. The highest BCUT2D eigenvalue weighted by Crippen LogP contribution is 2.33. The van der Waals surface area contributed by atoms with E-state index in [-0.39, 0.29) is 86.2 Å². The molecule has 0 saturated carbocycles. The number of carbonyl (C=O) groups excluding carboxylic acids is 7. The maximum Gasteiger partial charge on any atom is 0.251 e. The van der Waals surface area contributed by atoms with Gasteiger partial charge < -0.3 is 103 Å². The lowest BCUT2D eigenvalue weighted by Gasteiger charge is -2.34. The number of imidazole rings is 1. The molecule has 7 amide bonds. The van der Waals surface area contributed by atoms with Crippen LogP contribution in [0.15, 0.2) is 72.9 Å². The fourth-order valence-corrected chi connectivity index (χ4v) is 13.4. The second-order valence-electron chi connectivity index (χ2n) is 25.4. The number of phenolic OH excluding ortho intramolecular Hbond substituents is 1. The van der Waals surface area contributed by atoms with Gasteiger partial charge in [-0.25, -0.2) is 9.50 Å². The number of aliphatic hydroxyl groups is 6. The second-order valence-corrected chi connectivity index (χ2v) is 26.3. The third kappa shape index (κ3) is 20.0. The minimum absolute atomic E-state index is 0. The number of nitrogens with two attached hydrogens (primary N) is 2. The van der Waals surface area contributed by atoms with Crippen LogP contribution < -0.4 is 47.7 Å². The number of ether oxygens (including phenoxy) is 3. The van der Waals surface area contributed by atoms with Crippen molar-refractivity contribution < 1.29 is 83.5 Å². The van der Waals surface area contributed by atoms with Gasteiger partial charge >= 0.3 is 0 Å². The zero-order valence-electron chi connectivity index (χ0n) is 55.4. The number of hydrogen-bond donors (Lipinski definition) is 14. The topological polar surface area (TPSA) is 441 Å². The van der Waals surface area contributed by atoms with Crippen LogP contribution in [0.25, 0.3) is 26.8 Å². The summed E-state index contributed by atoms with van der Waals surface area (Å²) in [7, 11) is 1.72. The number of anilines is 1. The van der Waals surface area contributed by atoms with Crippen LogP contribution in [0.5, 0.6) is 11.5 Å². The SMILES string of the molecule is COCCCCCOC1CCN(c2ccc(-c3nn4cc(-c5ccc(C(=O)N[C@H]6C[C@@H](O)CNC(=O)[C@@H]7[C@@H](O)[C@@H](C)CN7C(=O)[C@H]([C@H](O)CCN)NC(=O)[C@H]([C@H](O)Cc7ccc(O)c(OCCCN)c7)NC(=O)[C@@H]7C[C@@H](O)CN7C(=O)[C@H]([C@@H](C)O)NC6=O)cc5)nc4s3)cc2)CC1.Cl.Cl. The highest BCUT2D eigenvalue weighted by Gasteiger charge is 2.50. The van der Waals surface area contributed by atoms with Crippen LogP contribution in [0.4, 0.5) is 5.69 Å². The molecule has 4 aliphatic rings. The van der Waals surface area contributed by atoms with E-state index in [1.54, 1.807) is 30.0 Å². The number of piperidine rings is 1. The van der Waals surface area contributed by atoms with Crippen LogP contribution in [-0.2, 0) is 44.7 Å². The maximum atomic E-state index is 14.8. The van der Waals surface area contributed by atoms with Gasteiger partial charge in [0.1, 0.15) is 41.3 Å². The van der Waals surface area contributed by atoms with E-state index in [1.807, 2.05) is 12.1 Å². The van der Waals surface area contributed by atoms with Gasteiger partial charge in [0, 0.05) is 101 Å². The van der Waals surface area contributed by atoms with Crippen molar-refractivity contribution in [1.82, 2.24) is 51.0 Å². The number of hydrogen-bond acceptors (Lipinski definition) is 23. The summed E-state index contributed by atoms with van der Waals surface area (Å²) in [5, 5.41) is 97.3. The zero-order valence-corrected chi connectivity index (χ0v) is 57.9. The Balaban J connectivity index is 0.00000689. The van der Waals surface area contributed by atoms with Crippen LogP contribution in [-0.4, -0.2) is 253 Å². The molecule has 30 nitrogen and oxygen atoms in total. The van der Waals surface area contributed by atoms with E-state index in [0.29, 0.717) is 22.6 Å². The van der Waals surface area contributed by atoms with E-state index in [9.17, 15) is 69.3 Å². The summed E-state index contributed by atoms with van der Waals surface area (Å²) >= 11 is 1.40. The number of phenols is 1. The van der Waals surface area contributed by atoms with Gasteiger partial charge in [-0.1, -0.05) is 36.5 Å². The number of nitrogens with one attached hydrogen (secondary N) is 5. The number of rotatable bonds is 23. The molecule has 6 heterocycles. The summed E-state index contributed by atoms with van der Waals surface area (Å²) < 4.78 is 18.6. The van der Waals surface area contributed by atoms with Crippen molar-refractivity contribution in [3.63, 3.8) is 0 Å². The fraction of sp³-hybridized carbons (Fsp3) is 0.561. The highest BCUT2D eigenvalue weighted by atomic mass is 35.5. The Morgan fingerprint density at radius 1 is 0.747 bits per heavy atom. The first kappa shape index (κ1) is 79.0. The molecule has 0 bridgehead atoms. The van der Waals surface area contributed by atoms with Crippen molar-refractivity contribution >= 4 is 88.1 Å². The second kappa shape index (κ2) is 36.8.